The maximum Gasteiger partial charge on any atom is 0.254 e. The van der Waals surface area contributed by atoms with Gasteiger partial charge >= 0.3 is 0 Å². The van der Waals surface area contributed by atoms with Crippen LogP contribution in [0, 0.1) is 5.92 Å². The molecule has 26 heavy (non-hydrogen) atoms. The van der Waals surface area contributed by atoms with E-state index in [9.17, 15) is 4.79 Å². The van der Waals surface area contributed by atoms with Crippen molar-refractivity contribution in [2.45, 2.75) is 26.2 Å². The molecule has 1 saturated heterocycles. The van der Waals surface area contributed by atoms with E-state index < -0.39 is 0 Å². The summed E-state index contributed by atoms with van der Waals surface area (Å²) in [4.78, 5) is 23.3. The summed E-state index contributed by atoms with van der Waals surface area (Å²) in [7, 11) is 1.65. The molecule has 0 aliphatic carbocycles. The summed E-state index contributed by atoms with van der Waals surface area (Å²) in [5.41, 5.74) is 1.56. The van der Waals surface area contributed by atoms with E-state index in [2.05, 4.69) is 27.1 Å². The number of aromatic nitrogens is 2. The number of carbonyl (C=O) groups excluding carboxylic acids is 1. The summed E-state index contributed by atoms with van der Waals surface area (Å²) in [6.07, 6.45) is 6.35. The van der Waals surface area contributed by atoms with Crippen LogP contribution in [-0.2, 0) is 6.42 Å². The van der Waals surface area contributed by atoms with E-state index in [4.69, 9.17) is 4.74 Å². The molecule has 1 aliphatic heterocycles. The fourth-order valence-corrected chi connectivity index (χ4v) is 3.30. The molecule has 1 amide bonds. The summed E-state index contributed by atoms with van der Waals surface area (Å²) in [6, 6.07) is 7.82. The normalized spacial score (nSPS) is 17.0. The molecule has 1 aromatic heterocycles. The van der Waals surface area contributed by atoms with E-state index in [1.165, 1.54) is 6.42 Å². The van der Waals surface area contributed by atoms with Crippen LogP contribution in [0.15, 0.2) is 36.7 Å². The first kappa shape index (κ1) is 18.2. The third-order valence-corrected chi connectivity index (χ3v) is 4.71. The molecule has 0 bridgehead atoms. The molecule has 2 heterocycles. The zero-order valence-corrected chi connectivity index (χ0v) is 15.4. The molecule has 3 rings (SSSR count). The van der Waals surface area contributed by atoms with Gasteiger partial charge in [-0.05, 0) is 36.8 Å². The monoisotopic (exact) mass is 354 g/mol. The second-order valence-electron chi connectivity index (χ2n) is 6.78. The number of piperidine rings is 1. The number of carbonyl (C=O) groups is 1. The van der Waals surface area contributed by atoms with E-state index in [1.807, 2.05) is 24.3 Å². The average Bonchev–Trinajstić information content (AvgIpc) is 2.68. The minimum atomic E-state index is -0.154. The van der Waals surface area contributed by atoms with Crippen molar-refractivity contribution in [3.8, 4) is 5.75 Å². The van der Waals surface area contributed by atoms with E-state index in [1.54, 1.807) is 19.5 Å². The first-order valence-electron chi connectivity index (χ1n) is 9.14. The fourth-order valence-electron chi connectivity index (χ4n) is 3.30. The SMILES string of the molecule is COc1ccccc1CCNC(=O)c1cnc(N2CCCC(C)C2)nc1. The van der Waals surface area contributed by atoms with Gasteiger partial charge in [-0.3, -0.25) is 4.79 Å². The number of benzene rings is 1. The summed E-state index contributed by atoms with van der Waals surface area (Å²) in [6.45, 7) is 4.74. The summed E-state index contributed by atoms with van der Waals surface area (Å²) < 4.78 is 5.33. The van der Waals surface area contributed by atoms with Crippen molar-refractivity contribution in [2.24, 2.45) is 5.92 Å². The fraction of sp³-hybridized carbons (Fsp3) is 0.450. The number of methoxy groups -OCH3 is 1. The molecule has 2 aromatic rings. The Morgan fingerprint density at radius 3 is 2.81 bits per heavy atom. The summed E-state index contributed by atoms with van der Waals surface area (Å²) >= 11 is 0. The van der Waals surface area contributed by atoms with Crippen LogP contribution in [0.5, 0.6) is 5.75 Å². The third-order valence-electron chi connectivity index (χ3n) is 4.71. The lowest BCUT2D eigenvalue weighted by Gasteiger charge is -2.30. The van der Waals surface area contributed by atoms with Gasteiger partial charge in [-0.2, -0.15) is 0 Å². The van der Waals surface area contributed by atoms with Crippen LogP contribution in [-0.4, -0.2) is 42.6 Å². The Balaban J connectivity index is 1.53. The zero-order valence-electron chi connectivity index (χ0n) is 15.4. The number of hydrogen-bond acceptors (Lipinski definition) is 5. The van der Waals surface area contributed by atoms with E-state index >= 15 is 0 Å². The van der Waals surface area contributed by atoms with Crippen molar-refractivity contribution in [2.75, 3.05) is 31.6 Å². The van der Waals surface area contributed by atoms with Gasteiger partial charge in [-0.15, -0.1) is 0 Å². The largest absolute Gasteiger partial charge is 0.496 e. The highest BCUT2D eigenvalue weighted by atomic mass is 16.5. The van der Waals surface area contributed by atoms with Gasteiger partial charge in [0.05, 0.1) is 12.7 Å². The highest BCUT2D eigenvalue weighted by Crippen LogP contribution is 2.19. The van der Waals surface area contributed by atoms with Crippen LogP contribution >= 0.6 is 0 Å². The molecule has 1 atom stereocenters. The molecule has 1 aromatic carbocycles. The Morgan fingerprint density at radius 1 is 1.31 bits per heavy atom. The Kier molecular flexibility index (Phi) is 6.04. The van der Waals surface area contributed by atoms with Crippen molar-refractivity contribution in [3.05, 3.63) is 47.8 Å². The molecule has 1 fully saturated rings. The Labute approximate surface area is 154 Å². The number of rotatable bonds is 6. The first-order chi connectivity index (χ1) is 12.7. The molecule has 1 N–H and O–H groups in total. The molecular weight excluding hydrogens is 328 g/mol. The molecule has 1 unspecified atom stereocenters. The number of ether oxygens (including phenoxy) is 1. The van der Waals surface area contributed by atoms with Gasteiger partial charge in [0.15, 0.2) is 0 Å². The Morgan fingerprint density at radius 2 is 2.08 bits per heavy atom. The highest BCUT2D eigenvalue weighted by molar-refractivity contribution is 5.93. The first-order valence-corrected chi connectivity index (χ1v) is 9.14. The molecule has 0 radical (unpaired) electrons. The van der Waals surface area contributed by atoms with E-state index in [0.29, 0.717) is 30.4 Å². The van der Waals surface area contributed by atoms with Crippen molar-refractivity contribution in [3.63, 3.8) is 0 Å². The predicted octanol–water partition coefficient (Wildman–Crippen LogP) is 2.69. The Hall–Kier alpha value is -2.63. The maximum atomic E-state index is 12.3. The number of para-hydroxylation sites is 1. The molecule has 6 nitrogen and oxygen atoms in total. The highest BCUT2D eigenvalue weighted by Gasteiger charge is 2.18. The van der Waals surface area contributed by atoms with Gasteiger partial charge in [-0.25, -0.2) is 9.97 Å². The Bertz CT molecular complexity index is 733. The minimum Gasteiger partial charge on any atom is -0.496 e. The van der Waals surface area contributed by atoms with Crippen LogP contribution in [0.3, 0.4) is 0 Å². The van der Waals surface area contributed by atoms with Crippen LogP contribution in [0.1, 0.15) is 35.7 Å². The minimum absolute atomic E-state index is 0.154. The lowest BCUT2D eigenvalue weighted by atomic mass is 10.0. The van der Waals surface area contributed by atoms with Crippen molar-refractivity contribution < 1.29 is 9.53 Å². The predicted molar refractivity (Wildman–Crippen MR) is 102 cm³/mol. The standard InChI is InChI=1S/C20H26N4O2/c1-15-6-5-11-24(14-15)20-22-12-17(13-23-20)19(25)21-10-9-16-7-3-4-8-18(16)26-2/h3-4,7-8,12-13,15H,5-6,9-11,14H2,1-2H3,(H,21,25). The third kappa shape index (κ3) is 4.50. The van der Waals surface area contributed by atoms with Gasteiger partial charge in [0.25, 0.3) is 5.91 Å². The number of hydrogen-bond donors (Lipinski definition) is 1. The average molecular weight is 354 g/mol. The maximum absolute atomic E-state index is 12.3. The quantitative estimate of drug-likeness (QED) is 0.864. The molecule has 1 aliphatic rings. The van der Waals surface area contributed by atoms with Crippen molar-refractivity contribution in [1.82, 2.24) is 15.3 Å². The number of anilines is 1. The number of nitrogens with one attached hydrogen (secondary N) is 1. The molecular formula is C20H26N4O2. The zero-order chi connectivity index (χ0) is 18.4. The topological polar surface area (TPSA) is 67.3 Å². The lowest BCUT2D eigenvalue weighted by molar-refractivity contribution is 0.0953. The summed E-state index contributed by atoms with van der Waals surface area (Å²) in [5.74, 6) is 2.05. The van der Waals surface area contributed by atoms with Gasteiger partial charge < -0.3 is 15.0 Å². The number of nitrogens with zero attached hydrogens (tertiary/aromatic N) is 3. The van der Waals surface area contributed by atoms with Crippen molar-refractivity contribution >= 4 is 11.9 Å². The van der Waals surface area contributed by atoms with Gasteiger partial charge in [0.2, 0.25) is 5.95 Å². The van der Waals surface area contributed by atoms with Crippen LogP contribution in [0.25, 0.3) is 0 Å². The van der Waals surface area contributed by atoms with Gasteiger partial charge in [0.1, 0.15) is 5.75 Å². The van der Waals surface area contributed by atoms with Gasteiger partial charge in [0, 0.05) is 32.0 Å². The number of amides is 1. The van der Waals surface area contributed by atoms with E-state index in [0.717, 1.165) is 30.8 Å². The smallest absolute Gasteiger partial charge is 0.254 e. The molecule has 0 saturated carbocycles. The van der Waals surface area contributed by atoms with E-state index in [-0.39, 0.29) is 5.91 Å². The van der Waals surface area contributed by atoms with Crippen LogP contribution in [0.4, 0.5) is 5.95 Å². The van der Waals surface area contributed by atoms with Crippen LogP contribution < -0.4 is 15.0 Å². The molecule has 0 spiro atoms. The lowest BCUT2D eigenvalue weighted by Crippen LogP contribution is -2.35. The molecule has 138 valence electrons. The van der Waals surface area contributed by atoms with Crippen molar-refractivity contribution in [1.29, 1.82) is 0 Å². The van der Waals surface area contributed by atoms with Crippen LogP contribution in [0.2, 0.25) is 0 Å². The molecule has 6 heteroatoms. The second-order valence-corrected chi connectivity index (χ2v) is 6.78. The second kappa shape index (κ2) is 8.65. The van der Waals surface area contributed by atoms with Gasteiger partial charge in [-0.1, -0.05) is 25.1 Å². The summed E-state index contributed by atoms with van der Waals surface area (Å²) in [5, 5.41) is 2.92.